The fourth-order valence-corrected chi connectivity index (χ4v) is 3.95. The summed E-state index contributed by atoms with van der Waals surface area (Å²) in [5.41, 5.74) is 2.60. The number of hydrogen-bond acceptors (Lipinski definition) is 10. The standard InChI is InChI=1S/C26H25N5O4S/c1-33-18-14-22(24(23(15-18)34-2)35-13-5-12-32)30-25-26(29-21-7-4-3-6-20(21)28-25)31-36-19-10-8-17(16-27)9-11-19/h3-4,6-11,14-15,32H,5,12-13H2,1-2H3,(H,28,30)(H,29,31). The first-order valence-electron chi connectivity index (χ1n) is 11.1. The highest BCUT2D eigenvalue weighted by molar-refractivity contribution is 8.00. The van der Waals surface area contributed by atoms with Crippen molar-refractivity contribution in [2.45, 2.75) is 11.3 Å². The van der Waals surface area contributed by atoms with Crippen LogP contribution in [-0.2, 0) is 0 Å². The molecule has 4 aromatic rings. The van der Waals surface area contributed by atoms with Crippen LogP contribution >= 0.6 is 11.9 Å². The number of rotatable bonds is 11. The first-order chi connectivity index (χ1) is 17.6. The summed E-state index contributed by atoms with van der Waals surface area (Å²) in [5.74, 6) is 2.49. The lowest BCUT2D eigenvalue weighted by Crippen LogP contribution is -2.07. The van der Waals surface area contributed by atoms with Gasteiger partial charge in [0, 0.05) is 30.1 Å². The summed E-state index contributed by atoms with van der Waals surface area (Å²) in [6.45, 7) is 0.314. The molecule has 0 aliphatic heterocycles. The fourth-order valence-electron chi connectivity index (χ4n) is 3.32. The second-order valence-corrected chi connectivity index (χ2v) is 8.39. The molecule has 9 nitrogen and oxygen atoms in total. The number of anilines is 3. The third kappa shape index (κ3) is 5.89. The van der Waals surface area contributed by atoms with Gasteiger partial charge in [-0.15, -0.1) is 0 Å². The number of methoxy groups -OCH3 is 2. The van der Waals surface area contributed by atoms with E-state index in [-0.39, 0.29) is 6.61 Å². The molecule has 0 unspecified atom stereocenters. The van der Waals surface area contributed by atoms with Crippen molar-refractivity contribution < 1.29 is 19.3 Å². The van der Waals surface area contributed by atoms with Crippen LogP contribution in [0, 0.1) is 11.3 Å². The molecule has 10 heteroatoms. The summed E-state index contributed by atoms with van der Waals surface area (Å²) in [7, 11) is 3.12. The molecule has 1 heterocycles. The van der Waals surface area contributed by atoms with Gasteiger partial charge in [0.2, 0.25) is 0 Å². The lowest BCUT2D eigenvalue weighted by molar-refractivity contribution is 0.228. The summed E-state index contributed by atoms with van der Waals surface area (Å²) in [6.07, 6.45) is 0.471. The van der Waals surface area contributed by atoms with Gasteiger partial charge in [0.05, 0.1) is 49.2 Å². The van der Waals surface area contributed by atoms with Crippen LogP contribution in [0.3, 0.4) is 0 Å². The predicted molar refractivity (Wildman–Crippen MR) is 140 cm³/mol. The molecule has 0 saturated carbocycles. The maximum Gasteiger partial charge on any atom is 0.184 e. The van der Waals surface area contributed by atoms with Gasteiger partial charge in [-0.3, -0.25) is 0 Å². The topological polar surface area (TPSA) is 122 Å². The van der Waals surface area contributed by atoms with E-state index in [4.69, 9.17) is 29.4 Å². The van der Waals surface area contributed by atoms with Gasteiger partial charge in [0.15, 0.2) is 23.1 Å². The van der Waals surface area contributed by atoms with Crippen molar-refractivity contribution in [3.05, 3.63) is 66.2 Å². The predicted octanol–water partition coefficient (Wildman–Crippen LogP) is 5.14. The number of aromatic nitrogens is 2. The average molecular weight is 504 g/mol. The minimum Gasteiger partial charge on any atom is -0.497 e. The molecule has 0 radical (unpaired) electrons. The Morgan fingerprint density at radius 1 is 0.972 bits per heavy atom. The number of nitriles is 1. The van der Waals surface area contributed by atoms with Gasteiger partial charge in [0.1, 0.15) is 5.75 Å². The number of aliphatic hydroxyl groups is 1. The molecule has 0 spiro atoms. The number of hydrogen-bond donors (Lipinski definition) is 3. The molecule has 0 fully saturated rings. The number of aliphatic hydroxyl groups excluding tert-OH is 1. The van der Waals surface area contributed by atoms with Gasteiger partial charge in [-0.05, 0) is 48.3 Å². The zero-order valence-electron chi connectivity index (χ0n) is 19.8. The van der Waals surface area contributed by atoms with E-state index in [2.05, 4.69) is 16.1 Å². The Bertz CT molecular complexity index is 1380. The normalized spacial score (nSPS) is 10.5. The van der Waals surface area contributed by atoms with Crippen LogP contribution in [0.5, 0.6) is 17.2 Å². The third-order valence-corrected chi connectivity index (χ3v) is 5.91. The molecule has 36 heavy (non-hydrogen) atoms. The van der Waals surface area contributed by atoms with Crippen molar-refractivity contribution in [3.8, 4) is 23.3 Å². The van der Waals surface area contributed by atoms with Gasteiger partial charge in [-0.1, -0.05) is 12.1 Å². The average Bonchev–Trinajstić information content (AvgIpc) is 2.92. The summed E-state index contributed by atoms with van der Waals surface area (Å²) < 4.78 is 20.2. The van der Waals surface area contributed by atoms with Gasteiger partial charge in [0.25, 0.3) is 0 Å². The lowest BCUT2D eigenvalue weighted by Gasteiger charge is -2.19. The quantitative estimate of drug-likeness (QED) is 0.187. The number of para-hydroxylation sites is 2. The van der Waals surface area contributed by atoms with Crippen molar-refractivity contribution in [1.29, 1.82) is 5.26 Å². The van der Waals surface area contributed by atoms with Crippen LogP contribution in [0.15, 0.2) is 65.6 Å². The van der Waals surface area contributed by atoms with Crippen molar-refractivity contribution >= 4 is 40.3 Å². The molecule has 3 N–H and O–H groups in total. The van der Waals surface area contributed by atoms with Crippen LogP contribution in [0.25, 0.3) is 11.0 Å². The van der Waals surface area contributed by atoms with Gasteiger partial charge >= 0.3 is 0 Å². The molecule has 3 aromatic carbocycles. The largest absolute Gasteiger partial charge is 0.497 e. The minimum absolute atomic E-state index is 0.0119. The lowest BCUT2D eigenvalue weighted by atomic mass is 10.2. The van der Waals surface area contributed by atoms with Crippen molar-refractivity contribution in [2.24, 2.45) is 0 Å². The highest BCUT2D eigenvalue weighted by Crippen LogP contribution is 2.42. The van der Waals surface area contributed by atoms with E-state index >= 15 is 0 Å². The maximum absolute atomic E-state index is 9.19. The highest BCUT2D eigenvalue weighted by Gasteiger charge is 2.18. The second-order valence-electron chi connectivity index (χ2n) is 7.51. The monoisotopic (exact) mass is 503 g/mol. The molecule has 1 aromatic heterocycles. The van der Waals surface area contributed by atoms with Crippen LogP contribution in [0.1, 0.15) is 12.0 Å². The number of benzene rings is 3. The molecule has 0 aliphatic rings. The highest BCUT2D eigenvalue weighted by atomic mass is 32.2. The van der Waals surface area contributed by atoms with Crippen molar-refractivity contribution in [2.75, 3.05) is 37.5 Å². The first-order valence-corrected chi connectivity index (χ1v) is 11.9. The van der Waals surface area contributed by atoms with Crippen LogP contribution < -0.4 is 24.2 Å². The molecular formula is C26H25N5O4S. The molecular weight excluding hydrogens is 478 g/mol. The Hall–Kier alpha value is -4.20. The molecule has 0 amide bonds. The number of nitrogens with zero attached hydrogens (tertiary/aromatic N) is 3. The second kappa shape index (κ2) is 12.0. The van der Waals surface area contributed by atoms with E-state index in [0.717, 1.165) is 10.4 Å². The van der Waals surface area contributed by atoms with Crippen LogP contribution in [0.4, 0.5) is 17.3 Å². The van der Waals surface area contributed by atoms with E-state index < -0.39 is 0 Å². The molecule has 0 atom stereocenters. The Balaban J connectivity index is 1.71. The van der Waals surface area contributed by atoms with Crippen molar-refractivity contribution in [1.82, 2.24) is 9.97 Å². The van der Waals surface area contributed by atoms with E-state index in [1.54, 1.807) is 38.5 Å². The van der Waals surface area contributed by atoms with E-state index in [1.807, 2.05) is 36.4 Å². The summed E-state index contributed by atoms with van der Waals surface area (Å²) in [4.78, 5) is 10.5. The summed E-state index contributed by atoms with van der Waals surface area (Å²) in [6, 6.07) is 20.4. The zero-order chi connectivity index (χ0) is 25.3. The first kappa shape index (κ1) is 24.9. The van der Waals surface area contributed by atoms with Gasteiger partial charge in [-0.25, -0.2) is 9.97 Å². The van der Waals surface area contributed by atoms with Gasteiger partial charge < -0.3 is 29.4 Å². The van der Waals surface area contributed by atoms with Crippen LogP contribution in [0.2, 0.25) is 0 Å². The number of ether oxygens (including phenoxy) is 3. The Labute approximate surface area is 213 Å². The van der Waals surface area contributed by atoms with E-state index in [1.165, 1.54) is 11.9 Å². The third-order valence-electron chi connectivity index (χ3n) is 5.11. The summed E-state index contributed by atoms with van der Waals surface area (Å²) >= 11 is 1.35. The zero-order valence-corrected chi connectivity index (χ0v) is 20.6. The molecule has 0 aliphatic carbocycles. The Morgan fingerprint density at radius 3 is 2.33 bits per heavy atom. The van der Waals surface area contributed by atoms with Crippen LogP contribution in [-0.4, -0.2) is 42.5 Å². The maximum atomic E-state index is 9.19. The minimum atomic E-state index is 0.0119. The van der Waals surface area contributed by atoms with Crippen molar-refractivity contribution in [3.63, 3.8) is 0 Å². The fraction of sp³-hybridized carbons (Fsp3) is 0.192. The summed E-state index contributed by atoms with van der Waals surface area (Å²) in [5, 5.41) is 21.5. The number of nitrogens with one attached hydrogen (secondary N) is 2. The van der Waals surface area contributed by atoms with Gasteiger partial charge in [-0.2, -0.15) is 5.26 Å². The molecule has 0 saturated heterocycles. The Morgan fingerprint density at radius 2 is 1.69 bits per heavy atom. The molecule has 0 bridgehead atoms. The van der Waals surface area contributed by atoms with E-state index in [0.29, 0.717) is 58.7 Å². The number of fused-ring (bicyclic) bond motifs is 1. The molecule has 184 valence electrons. The van der Waals surface area contributed by atoms with E-state index in [9.17, 15) is 5.11 Å². The smallest absolute Gasteiger partial charge is 0.184 e. The Kier molecular flexibility index (Phi) is 8.28. The molecule has 4 rings (SSSR count). The SMILES string of the molecule is COc1cc(Nc2nc3ccccc3nc2NSc2ccc(C#N)cc2)c(OCCCO)c(OC)c1.